The summed E-state index contributed by atoms with van der Waals surface area (Å²) in [5.41, 5.74) is 0. The van der Waals surface area contributed by atoms with Gasteiger partial charge in [0.15, 0.2) is 5.82 Å². The van der Waals surface area contributed by atoms with Gasteiger partial charge in [-0.3, -0.25) is 0 Å². The first-order chi connectivity index (χ1) is 12.1. The highest BCUT2D eigenvalue weighted by atomic mass is 32.2. The molecule has 0 spiro atoms. The summed E-state index contributed by atoms with van der Waals surface area (Å²) in [6, 6.07) is 11.0. The molecule has 2 N–H and O–H groups in total. The maximum Gasteiger partial charge on any atom is 0.250 e. The van der Waals surface area contributed by atoms with Gasteiger partial charge in [-0.05, 0) is 42.8 Å². The molecule has 0 atom stereocenters. The van der Waals surface area contributed by atoms with Crippen LogP contribution in [0.5, 0.6) is 0 Å². The normalized spacial score (nSPS) is 11.6. The van der Waals surface area contributed by atoms with E-state index in [9.17, 15) is 8.42 Å². The summed E-state index contributed by atoms with van der Waals surface area (Å²) in [4.78, 5) is 1.05. The number of aromatic nitrogens is 3. The predicted octanol–water partition coefficient (Wildman–Crippen LogP) is 2.28. The lowest BCUT2D eigenvalue weighted by atomic mass is 10.4. The molecule has 0 saturated carbocycles. The van der Waals surface area contributed by atoms with Crippen LogP contribution in [-0.2, 0) is 16.4 Å². The van der Waals surface area contributed by atoms with E-state index in [1.165, 1.54) is 11.3 Å². The molecule has 3 heterocycles. The van der Waals surface area contributed by atoms with E-state index in [1.807, 2.05) is 54.2 Å². The second-order valence-electron chi connectivity index (χ2n) is 5.27. The highest BCUT2D eigenvalue weighted by Gasteiger charge is 2.15. The van der Waals surface area contributed by atoms with Crippen LogP contribution >= 0.6 is 11.3 Å². The molecular weight excluding hydrogens is 358 g/mol. The average molecular weight is 377 g/mol. The molecule has 0 unspecified atom stereocenters. The van der Waals surface area contributed by atoms with Gasteiger partial charge in [-0.1, -0.05) is 6.92 Å². The number of anilines is 1. The van der Waals surface area contributed by atoms with Gasteiger partial charge < -0.3 is 9.88 Å². The Balaban J connectivity index is 1.49. The van der Waals surface area contributed by atoms with Crippen LogP contribution in [0.4, 0.5) is 5.82 Å². The molecule has 0 aromatic carbocycles. The number of hydrogen-bond donors (Lipinski definition) is 2. The number of hydrogen-bond acceptors (Lipinski definition) is 6. The number of thiophene rings is 1. The van der Waals surface area contributed by atoms with Crippen molar-refractivity contribution in [3.63, 3.8) is 0 Å². The molecule has 0 fully saturated rings. The molecule has 0 aliphatic rings. The third-order valence-corrected chi connectivity index (χ3v) is 6.68. The Labute approximate surface area is 150 Å². The quantitative estimate of drug-likeness (QED) is 0.588. The van der Waals surface area contributed by atoms with Gasteiger partial charge in [0.1, 0.15) is 10.0 Å². The van der Waals surface area contributed by atoms with Crippen molar-refractivity contribution in [2.75, 3.05) is 18.4 Å². The average Bonchev–Trinajstić information content (AvgIpc) is 3.31. The summed E-state index contributed by atoms with van der Waals surface area (Å²) >= 11 is 1.30. The first-order valence-electron chi connectivity index (χ1n) is 7.88. The minimum absolute atomic E-state index is 0.267. The molecule has 3 aromatic heterocycles. The van der Waals surface area contributed by atoms with Gasteiger partial charge in [0, 0.05) is 30.4 Å². The number of rotatable bonds is 8. The van der Waals surface area contributed by atoms with Gasteiger partial charge in [0.25, 0.3) is 0 Å². The topological polar surface area (TPSA) is 88.9 Å². The van der Waals surface area contributed by atoms with Gasteiger partial charge in [-0.25, -0.2) is 13.1 Å². The summed E-state index contributed by atoms with van der Waals surface area (Å²) in [6.07, 6.45) is 4.61. The Morgan fingerprint density at radius 2 is 1.88 bits per heavy atom. The maximum absolute atomic E-state index is 12.2. The van der Waals surface area contributed by atoms with Gasteiger partial charge in [0.2, 0.25) is 10.0 Å². The fraction of sp³-hybridized carbons (Fsp3) is 0.250. The van der Waals surface area contributed by atoms with Crippen molar-refractivity contribution < 1.29 is 8.42 Å². The van der Waals surface area contributed by atoms with Crippen LogP contribution in [0.1, 0.15) is 11.8 Å². The molecule has 25 heavy (non-hydrogen) atoms. The molecule has 132 valence electrons. The first kappa shape index (κ1) is 17.6. The number of nitrogens with one attached hydrogen (secondary N) is 2. The van der Waals surface area contributed by atoms with E-state index < -0.39 is 10.0 Å². The monoisotopic (exact) mass is 377 g/mol. The number of aryl methyl sites for hydroxylation is 1. The predicted molar refractivity (Wildman–Crippen MR) is 98.7 cm³/mol. The van der Waals surface area contributed by atoms with Crippen LogP contribution in [0.3, 0.4) is 0 Å². The first-order valence-corrected chi connectivity index (χ1v) is 10.2. The van der Waals surface area contributed by atoms with Gasteiger partial charge in [0.05, 0.1) is 0 Å². The summed E-state index contributed by atoms with van der Waals surface area (Å²) in [7, 11) is -3.45. The van der Waals surface area contributed by atoms with E-state index in [2.05, 4.69) is 20.2 Å². The van der Waals surface area contributed by atoms with Crippen LogP contribution in [0, 0.1) is 0 Å². The molecule has 3 aromatic rings. The lowest BCUT2D eigenvalue weighted by Gasteiger charge is -2.07. The van der Waals surface area contributed by atoms with Crippen LogP contribution in [0.25, 0.3) is 5.82 Å². The van der Waals surface area contributed by atoms with E-state index in [-0.39, 0.29) is 6.54 Å². The highest BCUT2D eigenvalue weighted by Crippen LogP contribution is 2.21. The van der Waals surface area contributed by atoms with Crippen LogP contribution < -0.4 is 10.0 Å². The lowest BCUT2D eigenvalue weighted by molar-refractivity contribution is 0.585. The largest absolute Gasteiger partial charge is 0.367 e. The Hall–Kier alpha value is -2.23. The van der Waals surface area contributed by atoms with Crippen molar-refractivity contribution in [1.82, 2.24) is 19.5 Å². The fourth-order valence-corrected chi connectivity index (χ4v) is 4.56. The Morgan fingerprint density at radius 1 is 1.08 bits per heavy atom. The van der Waals surface area contributed by atoms with E-state index in [4.69, 9.17) is 0 Å². The minimum atomic E-state index is -3.45. The Morgan fingerprint density at radius 3 is 2.52 bits per heavy atom. The van der Waals surface area contributed by atoms with Gasteiger partial charge >= 0.3 is 0 Å². The van der Waals surface area contributed by atoms with Crippen LogP contribution in [0.15, 0.2) is 53.0 Å². The van der Waals surface area contributed by atoms with E-state index in [0.29, 0.717) is 16.6 Å². The molecule has 7 nitrogen and oxygen atoms in total. The molecule has 9 heteroatoms. The summed E-state index contributed by atoms with van der Waals surface area (Å²) < 4.78 is 29.2. The SMILES string of the molecule is CCc1ccc(S(=O)(=O)NCCNc2ccc(-n3cccc3)nn2)s1. The summed E-state index contributed by atoms with van der Waals surface area (Å²) in [5, 5.41) is 11.3. The zero-order valence-electron chi connectivity index (χ0n) is 13.7. The van der Waals surface area contributed by atoms with E-state index in [0.717, 1.165) is 17.1 Å². The Kier molecular flexibility index (Phi) is 5.47. The third kappa shape index (κ3) is 4.44. The second kappa shape index (κ2) is 7.77. The van der Waals surface area contributed by atoms with Gasteiger partial charge in [-0.15, -0.1) is 21.5 Å². The van der Waals surface area contributed by atoms with Crippen molar-refractivity contribution in [3.05, 3.63) is 53.7 Å². The number of sulfonamides is 1. The smallest absolute Gasteiger partial charge is 0.250 e. The van der Waals surface area contributed by atoms with Crippen molar-refractivity contribution >= 4 is 27.2 Å². The summed E-state index contributed by atoms with van der Waals surface area (Å²) in [5.74, 6) is 1.32. The van der Waals surface area contributed by atoms with Crippen molar-refractivity contribution in [1.29, 1.82) is 0 Å². The molecular formula is C16H19N5O2S2. The van der Waals surface area contributed by atoms with Gasteiger partial charge in [-0.2, -0.15) is 0 Å². The lowest BCUT2D eigenvalue weighted by Crippen LogP contribution is -2.28. The van der Waals surface area contributed by atoms with Crippen LogP contribution in [-0.4, -0.2) is 36.3 Å². The van der Waals surface area contributed by atoms with E-state index in [1.54, 1.807) is 6.07 Å². The van der Waals surface area contributed by atoms with Crippen molar-refractivity contribution in [2.24, 2.45) is 0 Å². The van der Waals surface area contributed by atoms with E-state index >= 15 is 0 Å². The molecule has 0 radical (unpaired) electrons. The Bertz CT molecular complexity index is 902. The second-order valence-corrected chi connectivity index (χ2v) is 8.43. The third-order valence-electron chi connectivity index (χ3n) is 3.49. The fourth-order valence-electron chi connectivity index (χ4n) is 2.18. The zero-order valence-corrected chi connectivity index (χ0v) is 15.3. The maximum atomic E-state index is 12.2. The molecule has 0 bridgehead atoms. The van der Waals surface area contributed by atoms with Crippen molar-refractivity contribution in [3.8, 4) is 5.82 Å². The van der Waals surface area contributed by atoms with Crippen LogP contribution in [0.2, 0.25) is 0 Å². The standard InChI is InChI=1S/C16H19N5O2S2/c1-2-13-5-8-16(24-13)25(22,23)18-10-9-17-14-6-7-15(20-19-14)21-11-3-4-12-21/h3-8,11-12,18H,2,9-10H2,1H3,(H,17,19). The molecule has 0 saturated heterocycles. The van der Waals surface area contributed by atoms with Crippen molar-refractivity contribution in [2.45, 2.75) is 17.6 Å². The zero-order chi connectivity index (χ0) is 17.7. The highest BCUT2D eigenvalue weighted by molar-refractivity contribution is 7.91. The summed E-state index contributed by atoms with van der Waals surface area (Å²) in [6.45, 7) is 2.69. The number of nitrogens with zero attached hydrogens (tertiary/aromatic N) is 3. The molecule has 0 aliphatic heterocycles. The molecule has 0 amide bonds. The minimum Gasteiger partial charge on any atom is -0.367 e. The molecule has 0 aliphatic carbocycles. The molecule has 3 rings (SSSR count).